The summed E-state index contributed by atoms with van der Waals surface area (Å²) in [6.07, 6.45) is 0. The summed E-state index contributed by atoms with van der Waals surface area (Å²) in [7, 11) is 0. The highest BCUT2D eigenvalue weighted by Gasteiger charge is 2.18. The summed E-state index contributed by atoms with van der Waals surface area (Å²) in [6.45, 7) is 3.66. The summed E-state index contributed by atoms with van der Waals surface area (Å²) < 4.78 is 0. The Balaban J connectivity index is 2.04. The first-order valence-corrected chi connectivity index (χ1v) is 7.45. The molecule has 0 radical (unpaired) electrons. The van der Waals surface area contributed by atoms with E-state index in [-0.39, 0.29) is 22.7 Å². The van der Waals surface area contributed by atoms with E-state index in [2.05, 4.69) is 10.6 Å². The number of amides is 3. The van der Waals surface area contributed by atoms with Gasteiger partial charge in [-0.1, -0.05) is 18.2 Å². The molecule has 6 nitrogen and oxygen atoms in total. The van der Waals surface area contributed by atoms with Crippen molar-refractivity contribution in [3.05, 3.63) is 45.6 Å². The molecule has 0 aliphatic carbocycles. The first-order chi connectivity index (χ1) is 10.4. The standard InChI is InChI=1S/C15H17N3O3S/c1-8-5-3-4-6-10(8)18-15(21)17-9(2)12-7-11(19)13(22-12)14(16)20/h3-7,9,19H,1-2H3,(H2,16,20)(H2,17,18,21). The van der Waals surface area contributed by atoms with Gasteiger partial charge in [0.15, 0.2) is 0 Å². The summed E-state index contributed by atoms with van der Waals surface area (Å²) >= 11 is 1.06. The second-order valence-electron chi connectivity index (χ2n) is 4.86. The highest BCUT2D eigenvalue weighted by atomic mass is 32.1. The molecule has 1 atom stereocenters. The van der Waals surface area contributed by atoms with Crippen LogP contribution in [0.3, 0.4) is 0 Å². The van der Waals surface area contributed by atoms with Crippen molar-refractivity contribution in [2.45, 2.75) is 19.9 Å². The number of aromatic hydroxyl groups is 1. The van der Waals surface area contributed by atoms with Crippen LogP contribution in [0.1, 0.15) is 33.1 Å². The number of urea groups is 1. The summed E-state index contributed by atoms with van der Waals surface area (Å²) in [6, 6.07) is 8.13. The Hall–Kier alpha value is -2.54. The fourth-order valence-corrected chi connectivity index (χ4v) is 2.84. The lowest BCUT2D eigenvalue weighted by Gasteiger charge is -2.14. The minimum absolute atomic E-state index is 0.0861. The molecule has 7 heteroatoms. The van der Waals surface area contributed by atoms with Crippen LogP contribution in [0, 0.1) is 6.92 Å². The number of para-hydroxylation sites is 1. The third kappa shape index (κ3) is 3.56. The Morgan fingerprint density at radius 1 is 1.32 bits per heavy atom. The molecule has 2 aromatic rings. The number of nitrogens with two attached hydrogens (primary N) is 1. The zero-order valence-electron chi connectivity index (χ0n) is 12.2. The second-order valence-corrected chi connectivity index (χ2v) is 5.95. The van der Waals surface area contributed by atoms with Gasteiger partial charge in [0.05, 0.1) is 6.04 Å². The first-order valence-electron chi connectivity index (χ1n) is 6.64. The molecule has 0 saturated carbocycles. The van der Waals surface area contributed by atoms with E-state index in [0.717, 1.165) is 22.6 Å². The van der Waals surface area contributed by atoms with E-state index in [1.165, 1.54) is 6.07 Å². The molecule has 1 heterocycles. The Labute approximate surface area is 132 Å². The van der Waals surface area contributed by atoms with E-state index in [0.29, 0.717) is 4.88 Å². The van der Waals surface area contributed by atoms with Crippen molar-refractivity contribution in [2.24, 2.45) is 5.73 Å². The molecular weight excluding hydrogens is 302 g/mol. The summed E-state index contributed by atoms with van der Waals surface area (Å²) in [4.78, 5) is 23.9. The first kappa shape index (κ1) is 15.8. The number of carbonyl (C=O) groups is 2. The number of carbonyl (C=O) groups excluding carboxylic acids is 2. The normalized spacial score (nSPS) is 11.7. The molecule has 0 aliphatic rings. The summed E-state index contributed by atoms with van der Waals surface area (Å²) in [5.41, 5.74) is 6.84. The smallest absolute Gasteiger partial charge is 0.319 e. The number of nitrogens with one attached hydrogen (secondary N) is 2. The fourth-order valence-electron chi connectivity index (χ4n) is 1.93. The molecule has 116 valence electrons. The quantitative estimate of drug-likeness (QED) is 0.696. The van der Waals surface area contributed by atoms with Crippen LogP contribution in [0.2, 0.25) is 0 Å². The van der Waals surface area contributed by atoms with Crippen LogP contribution < -0.4 is 16.4 Å². The summed E-state index contributed by atoms with van der Waals surface area (Å²) in [5.74, 6) is -0.856. The van der Waals surface area contributed by atoms with Crippen molar-refractivity contribution in [1.82, 2.24) is 5.32 Å². The van der Waals surface area contributed by atoms with Gasteiger partial charge in [0.2, 0.25) is 0 Å². The maximum absolute atomic E-state index is 12.0. The maximum atomic E-state index is 12.0. The van der Waals surface area contributed by atoms with Gasteiger partial charge in [-0.15, -0.1) is 11.3 Å². The van der Waals surface area contributed by atoms with Gasteiger partial charge in [-0.2, -0.15) is 0 Å². The molecule has 22 heavy (non-hydrogen) atoms. The van der Waals surface area contributed by atoms with E-state index < -0.39 is 5.91 Å². The lowest BCUT2D eigenvalue weighted by molar-refractivity contribution is 0.100. The van der Waals surface area contributed by atoms with Crippen molar-refractivity contribution < 1.29 is 14.7 Å². The van der Waals surface area contributed by atoms with Crippen LogP contribution in [0.4, 0.5) is 10.5 Å². The van der Waals surface area contributed by atoms with Gasteiger partial charge in [-0.3, -0.25) is 4.79 Å². The second kappa shape index (κ2) is 6.48. The van der Waals surface area contributed by atoms with Crippen LogP contribution >= 0.6 is 11.3 Å². The molecule has 0 bridgehead atoms. The van der Waals surface area contributed by atoms with Gasteiger partial charge in [0.1, 0.15) is 10.6 Å². The van der Waals surface area contributed by atoms with Gasteiger partial charge >= 0.3 is 6.03 Å². The number of hydrogen-bond acceptors (Lipinski definition) is 4. The molecule has 0 fully saturated rings. The van der Waals surface area contributed by atoms with E-state index in [9.17, 15) is 14.7 Å². The molecule has 3 amide bonds. The Morgan fingerprint density at radius 2 is 2.00 bits per heavy atom. The molecule has 0 aliphatic heterocycles. The molecule has 1 aromatic carbocycles. The average molecular weight is 319 g/mol. The van der Waals surface area contributed by atoms with Gasteiger partial charge in [0.25, 0.3) is 5.91 Å². The van der Waals surface area contributed by atoms with Gasteiger partial charge in [-0.25, -0.2) is 4.79 Å². The van der Waals surface area contributed by atoms with Crippen LogP contribution in [0.5, 0.6) is 5.75 Å². The Morgan fingerprint density at radius 3 is 2.59 bits per heavy atom. The molecule has 2 rings (SSSR count). The van der Waals surface area contributed by atoms with Crippen molar-refractivity contribution in [2.75, 3.05) is 5.32 Å². The van der Waals surface area contributed by atoms with Gasteiger partial charge in [-0.05, 0) is 31.5 Å². The van der Waals surface area contributed by atoms with Gasteiger partial charge < -0.3 is 21.5 Å². The fraction of sp³-hybridized carbons (Fsp3) is 0.200. The zero-order valence-corrected chi connectivity index (χ0v) is 13.0. The maximum Gasteiger partial charge on any atom is 0.319 e. The molecular formula is C15H17N3O3S. The SMILES string of the molecule is Cc1ccccc1NC(=O)NC(C)c1cc(O)c(C(N)=O)s1. The number of aryl methyl sites for hydroxylation is 1. The number of anilines is 1. The van der Waals surface area contributed by atoms with Crippen LogP contribution in [0.15, 0.2) is 30.3 Å². The van der Waals surface area contributed by atoms with Crippen molar-refractivity contribution in [1.29, 1.82) is 0 Å². The van der Waals surface area contributed by atoms with E-state index in [1.807, 2.05) is 31.2 Å². The van der Waals surface area contributed by atoms with E-state index >= 15 is 0 Å². The number of primary amides is 1. The topological polar surface area (TPSA) is 104 Å². The number of benzene rings is 1. The molecule has 1 unspecified atom stereocenters. The molecule has 0 saturated heterocycles. The van der Waals surface area contributed by atoms with Crippen LogP contribution in [-0.4, -0.2) is 17.0 Å². The molecule has 0 spiro atoms. The van der Waals surface area contributed by atoms with Crippen molar-refractivity contribution in [3.8, 4) is 5.75 Å². The van der Waals surface area contributed by atoms with E-state index in [1.54, 1.807) is 6.92 Å². The Kier molecular flexibility index (Phi) is 4.67. The average Bonchev–Trinajstić information content (AvgIpc) is 2.83. The number of thiophene rings is 1. The van der Waals surface area contributed by atoms with Crippen LogP contribution in [-0.2, 0) is 0 Å². The third-order valence-electron chi connectivity index (χ3n) is 3.12. The van der Waals surface area contributed by atoms with Crippen molar-refractivity contribution >= 4 is 29.0 Å². The van der Waals surface area contributed by atoms with Crippen LogP contribution in [0.25, 0.3) is 0 Å². The lowest BCUT2D eigenvalue weighted by Crippen LogP contribution is -2.31. The van der Waals surface area contributed by atoms with Gasteiger partial charge in [0, 0.05) is 10.6 Å². The molecule has 1 aromatic heterocycles. The predicted octanol–water partition coefficient (Wildman–Crippen LogP) is 2.74. The van der Waals surface area contributed by atoms with Crippen molar-refractivity contribution in [3.63, 3.8) is 0 Å². The third-order valence-corrected chi connectivity index (χ3v) is 4.44. The highest BCUT2D eigenvalue weighted by molar-refractivity contribution is 7.14. The minimum Gasteiger partial charge on any atom is -0.506 e. The zero-order chi connectivity index (χ0) is 16.3. The highest BCUT2D eigenvalue weighted by Crippen LogP contribution is 2.31. The Bertz CT molecular complexity index is 712. The predicted molar refractivity (Wildman–Crippen MR) is 86.3 cm³/mol. The minimum atomic E-state index is -0.690. The largest absolute Gasteiger partial charge is 0.506 e. The number of hydrogen-bond donors (Lipinski definition) is 4. The molecule has 5 N–H and O–H groups in total. The van der Waals surface area contributed by atoms with E-state index in [4.69, 9.17) is 5.73 Å². The summed E-state index contributed by atoms with van der Waals surface area (Å²) in [5, 5.41) is 15.1. The monoisotopic (exact) mass is 319 g/mol. The number of rotatable bonds is 4. The lowest BCUT2D eigenvalue weighted by atomic mass is 10.2.